The molecule has 3 heteroatoms. The van der Waals surface area contributed by atoms with Crippen molar-refractivity contribution < 1.29 is 0 Å². The minimum Gasteiger partial charge on any atom is -0.308 e. The Morgan fingerprint density at radius 1 is 0.932 bits per heavy atom. The van der Waals surface area contributed by atoms with Crippen LogP contribution in [0.5, 0.6) is 0 Å². The number of rotatable bonds is 13. The van der Waals surface area contributed by atoms with Crippen molar-refractivity contribution in [1.29, 1.82) is 5.41 Å². The summed E-state index contributed by atoms with van der Waals surface area (Å²) in [5, 5.41) is 9.55. The summed E-state index contributed by atoms with van der Waals surface area (Å²) in [6.45, 7) is 15.2. The van der Waals surface area contributed by atoms with E-state index < -0.39 is 0 Å². The van der Waals surface area contributed by atoms with Crippen molar-refractivity contribution in [2.24, 2.45) is 4.99 Å². The maximum absolute atomic E-state index is 7.11. The van der Waals surface area contributed by atoms with Crippen molar-refractivity contribution in [3.8, 4) is 0 Å². The van der Waals surface area contributed by atoms with Crippen LogP contribution in [-0.4, -0.2) is 26.3 Å². The van der Waals surface area contributed by atoms with Crippen molar-refractivity contribution in [3.63, 3.8) is 0 Å². The molecule has 3 aromatic carbocycles. The van der Waals surface area contributed by atoms with Gasteiger partial charge in [0.1, 0.15) is 7.85 Å². The predicted molar refractivity (Wildman–Crippen MR) is 196 cm³/mol. The van der Waals surface area contributed by atoms with Gasteiger partial charge in [-0.2, -0.15) is 0 Å². The first-order chi connectivity index (χ1) is 21.3. The molecule has 0 aliphatic carbocycles. The fourth-order valence-corrected chi connectivity index (χ4v) is 4.77. The fraction of sp³-hybridized carbons (Fsp3) is 0.195. The Hall–Kier alpha value is -4.72. The van der Waals surface area contributed by atoms with Crippen molar-refractivity contribution in [2.45, 2.75) is 47.5 Å². The predicted octanol–water partition coefficient (Wildman–Crippen LogP) is 10.6. The second kappa shape index (κ2) is 17.4. The molecule has 0 heterocycles. The highest BCUT2D eigenvalue weighted by molar-refractivity contribution is 6.24. The van der Waals surface area contributed by atoms with Crippen molar-refractivity contribution in [2.75, 3.05) is 6.54 Å². The molecule has 1 N–H and O–H groups in total. The van der Waals surface area contributed by atoms with Gasteiger partial charge in [-0.3, -0.25) is 4.99 Å². The van der Waals surface area contributed by atoms with Crippen LogP contribution in [-0.2, 0) is 6.42 Å². The molecular formula is C41H43BN2. The molecule has 0 bridgehead atoms. The Balaban J connectivity index is 1.96. The normalized spacial score (nSPS) is 13.7. The standard InChI is InChI=1S/C41H43BN2/c1-7-36(39-22-21-37-18-11-12-19-38(37)28-39)23-25-40(44-29-30(3)31(4)32(5)33(6)41(42)8-2)24-20-35-17-14-16-34(27-35)15-10-9-13-26-43/h7-8,10-14,16-24,26-28,43H,1,15,25,29H2,2-6H3/b24-20+,31-30-,33-32-,36-23+,41-8-,43-26?,44-40?. The fourth-order valence-electron chi connectivity index (χ4n) is 4.77. The zero-order chi connectivity index (χ0) is 31.9. The molecule has 220 valence electrons. The highest BCUT2D eigenvalue weighted by Crippen LogP contribution is 2.24. The van der Waals surface area contributed by atoms with Crippen LogP contribution in [0.1, 0.15) is 57.7 Å². The second-order valence-electron chi connectivity index (χ2n) is 10.8. The third-order valence-electron chi connectivity index (χ3n) is 7.92. The molecule has 2 radical (unpaired) electrons. The largest absolute Gasteiger partial charge is 0.308 e. The maximum Gasteiger partial charge on any atom is 0.113 e. The quantitative estimate of drug-likeness (QED) is 0.0913. The van der Waals surface area contributed by atoms with Gasteiger partial charge in [0.15, 0.2) is 0 Å². The van der Waals surface area contributed by atoms with Crippen LogP contribution in [0.4, 0.5) is 0 Å². The summed E-state index contributed by atoms with van der Waals surface area (Å²) < 4.78 is 0. The highest BCUT2D eigenvalue weighted by atomic mass is 14.7. The van der Waals surface area contributed by atoms with Gasteiger partial charge in [0.25, 0.3) is 0 Å². The average molecular weight is 575 g/mol. The van der Waals surface area contributed by atoms with Crippen molar-refractivity contribution >= 4 is 42.2 Å². The average Bonchev–Trinajstić information content (AvgIpc) is 3.06. The van der Waals surface area contributed by atoms with E-state index in [2.05, 4.69) is 125 Å². The van der Waals surface area contributed by atoms with E-state index >= 15 is 0 Å². The van der Waals surface area contributed by atoms with Gasteiger partial charge in [0, 0.05) is 18.3 Å². The van der Waals surface area contributed by atoms with Crippen LogP contribution in [0.25, 0.3) is 22.4 Å². The molecule has 0 saturated heterocycles. The van der Waals surface area contributed by atoms with Crippen LogP contribution >= 0.6 is 0 Å². The lowest BCUT2D eigenvalue weighted by atomic mass is 9.84. The number of hydrogen-bond donors (Lipinski definition) is 1. The molecule has 0 saturated carbocycles. The number of allylic oxidation sites excluding steroid dienone is 10. The summed E-state index contributed by atoms with van der Waals surface area (Å²) in [6, 6.07) is 23.4. The number of hydrogen-bond acceptors (Lipinski definition) is 2. The number of nitrogens with zero attached hydrogens (tertiary/aromatic N) is 1. The Kier molecular flexibility index (Phi) is 13.4. The molecule has 2 nitrogen and oxygen atoms in total. The molecule has 0 aromatic heterocycles. The van der Waals surface area contributed by atoms with E-state index in [4.69, 9.17) is 18.2 Å². The highest BCUT2D eigenvalue weighted by Gasteiger charge is 2.06. The van der Waals surface area contributed by atoms with E-state index in [1.807, 2.05) is 25.2 Å². The van der Waals surface area contributed by atoms with Gasteiger partial charge in [0.05, 0.1) is 6.54 Å². The van der Waals surface area contributed by atoms with Gasteiger partial charge in [0.2, 0.25) is 0 Å². The molecule has 0 aliphatic heterocycles. The van der Waals surface area contributed by atoms with Crippen LogP contribution in [0.3, 0.4) is 0 Å². The van der Waals surface area contributed by atoms with E-state index in [1.54, 1.807) is 6.08 Å². The summed E-state index contributed by atoms with van der Waals surface area (Å²) in [5.41, 5.74) is 14.1. The monoisotopic (exact) mass is 574 g/mol. The van der Waals surface area contributed by atoms with Crippen LogP contribution in [0.15, 0.2) is 148 Å². The number of aliphatic imine (C=N–C) groups is 1. The first kappa shape index (κ1) is 33.8. The second-order valence-corrected chi connectivity index (χ2v) is 10.8. The van der Waals surface area contributed by atoms with Gasteiger partial charge in [-0.15, -0.1) is 5.73 Å². The van der Waals surface area contributed by atoms with E-state index in [0.29, 0.717) is 13.0 Å². The number of fused-ring (bicyclic) bond motifs is 1. The molecule has 44 heavy (non-hydrogen) atoms. The van der Waals surface area contributed by atoms with Crippen LogP contribution in [0.2, 0.25) is 0 Å². The lowest BCUT2D eigenvalue weighted by molar-refractivity contribution is 1.07. The summed E-state index contributed by atoms with van der Waals surface area (Å²) in [7, 11) is 6.20. The first-order valence-corrected chi connectivity index (χ1v) is 15.1. The van der Waals surface area contributed by atoms with Gasteiger partial charge in [-0.05, 0) is 115 Å². The number of benzene rings is 3. The van der Waals surface area contributed by atoms with Gasteiger partial charge >= 0.3 is 0 Å². The molecule has 0 aliphatic rings. The smallest absolute Gasteiger partial charge is 0.113 e. The molecule has 0 unspecified atom stereocenters. The van der Waals surface area contributed by atoms with Gasteiger partial charge in [-0.1, -0.05) is 103 Å². The lowest BCUT2D eigenvalue weighted by Crippen LogP contribution is -1.99. The molecule has 0 fully saturated rings. The molecule has 3 aromatic rings. The molecule has 0 atom stereocenters. The number of nitrogens with one attached hydrogen (secondary N) is 1. The van der Waals surface area contributed by atoms with E-state index in [-0.39, 0.29) is 0 Å². The van der Waals surface area contributed by atoms with Crippen molar-refractivity contribution in [3.05, 3.63) is 160 Å². The maximum atomic E-state index is 7.11. The lowest BCUT2D eigenvalue weighted by Gasteiger charge is -2.12. The molecular weight excluding hydrogens is 531 g/mol. The summed E-state index contributed by atoms with van der Waals surface area (Å²) in [5.74, 6) is 0. The zero-order valence-corrected chi connectivity index (χ0v) is 26.8. The van der Waals surface area contributed by atoms with E-state index in [9.17, 15) is 0 Å². The third-order valence-corrected chi connectivity index (χ3v) is 7.92. The molecule has 3 rings (SSSR count). The molecule has 0 amide bonds. The third kappa shape index (κ3) is 9.94. The van der Waals surface area contributed by atoms with Crippen LogP contribution in [0, 0.1) is 5.41 Å². The van der Waals surface area contributed by atoms with E-state index in [0.717, 1.165) is 39.9 Å². The Morgan fingerprint density at radius 2 is 1.70 bits per heavy atom. The van der Waals surface area contributed by atoms with Gasteiger partial charge < -0.3 is 5.41 Å². The summed E-state index contributed by atoms with van der Waals surface area (Å²) in [6.07, 6.45) is 16.5. The van der Waals surface area contributed by atoms with Gasteiger partial charge in [-0.25, -0.2) is 0 Å². The van der Waals surface area contributed by atoms with Crippen LogP contribution < -0.4 is 0 Å². The Bertz CT molecular complexity index is 1750. The Labute approximate surface area is 266 Å². The first-order valence-electron chi connectivity index (χ1n) is 15.1. The summed E-state index contributed by atoms with van der Waals surface area (Å²) >= 11 is 0. The minimum absolute atomic E-state index is 0.600. The zero-order valence-electron chi connectivity index (χ0n) is 26.8. The minimum atomic E-state index is 0.600. The Morgan fingerprint density at radius 3 is 2.43 bits per heavy atom. The topological polar surface area (TPSA) is 36.2 Å². The van der Waals surface area contributed by atoms with Crippen molar-refractivity contribution in [1.82, 2.24) is 0 Å². The molecule has 0 spiro atoms. The SMILES string of the molecule is [B]C(=C\C)/C(C)=C(C)\C(C)=C(\C)CN=C(/C=C/c1cccc(CC=C=CC=N)c1)C/C=C(\C=C)c1ccc2ccccc2c1. The van der Waals surface area contributed by atoms with E-state index in [1.165, 1.54) is 39.3 Å². The summed E-state index contributed by atoms with van der Waals surface area (Å²) in [4.78, 5) is 5.09.